The van der Waals surface area contributed by atoms with Crippen LogP contribution in [0, 0.1) is 40.5 Å². The summed E-state index contributed by atoms with van der Waals surface area (Å²) in [6.07, 6.45) is 0. The number of hydrogen-bond donors (Lipinski definition) is 2. The SMILES string of the molecule is NC1(C2(N)N=C([N+](=O)[O-])C([N+](=O)[O-])=N2)N=C([N+](=O)[O-])C([N+](=O)[O-])=N1. The van der Waals surface area contributed by atoms with E-state index in [1.54, 1.807) is 0 Å². The van der Waals surface area contributed by atoms with Crippen molar-refractivity contribution in [1.29, 1.82) is 0 Å². The fraction of sp³-hybridized carbons (Fsp3) is 0.333. The quantitative estimate of drug-likeness (QED) is 0.357. The lowest BCUT2D eigenvalue weighted by Crippen LogP contribution is -2.60. The minimum atomic E-state index is -2.86. The summed E-state index contributed by atoms with van der Waals surface area (Å²) >= 11 is 0. The number of hydrogen-bond acceptors (Lipinski definition) is 14. The van der Waals surface area contributed by atoms with Crippen molar-refractivity contribution < 1.29 is 19.7 Å². The molecule has 0 saturated carbocycles. The second-order valence-corrected chi connectivity index (χ2v) is 4.22. The third kappa shape index (κ3) is 2.22. The van der Waals surface area contributed by atoms with E-state index in [4.69, 9.17) is 11.5 Å². The average Bonchev–Trinajstić information content (AvgIpc) is 2.99. The molecule has 0 atom stereocenters. The number of amidine groups is 4. The van der Waals surface area contributed by atoms with Crippen LogP contribution in [-0.4, -0.2) is 54.6 Å². The number of rotatable bonds is 1. The lowest BCUT2D eigenvalue weighted by atomic mass is 10.2. The molecule has 0 bridgehead atoms. The Morgan fingerprint density at radius 2 is 0.750 bits per heavy atom. The fourth-order valence-electron chi connectivity index (χ4n) is 1.71. The highest BCUT2D eigenvalue weighted by molar-refractivity contribution is 6.36. The second kappa shape index (κ2) is 4.85. The summed E-state index contributed by atoms with van der Waals surface area (Å²) in [6, 6.07) is 0. The first-order valence-corrected chi connectivity index (χ1v) is 5.47. The summed E-state index contributed by atoms with van der Waals surface area (Å²) in [7, 11) is 0. The molecule has 2 heterocycles. The summed E-state index contributed by atoms with van der Waals surface area (Å²) in [6.45, 7) is 0. The third-order valence-corrected chi connectivity index (χ3v) is 2.74. The van der Waals surface area contributed by atoms with Crippen LogP contribution in [0.25, 0.3) is 0 Å². The van der Waals surface area contributed by atoms with Crippen molar-refractivity contribution in [3.8, 4) is 0 Å². The molecule has 18 nitrogen and oxygen atoms in total. The van der Waals surface area contributed by atoms with Crippen LogP contribution in [0.5, 0.6) is 0 Å². The zero-order valence-corrected chi connectivity index (χ0v) is 11.0. The standard InChI is InChI=1S/C6H4N10O8/c7-5(9-1(13(17)18)2(10-5)14(19)20)6(8)11-3(15(21)22)4(12-6)16(23)24/h7-8H2. The van der Waals surface area contributed by atoms with Crippen LogP contribution in [0.1, 0.15) is 0 Å². The smallest absolute Gasteiger partial charge is 0.358 e. The van der Waals surface area contributed by atoms with Gasteiger partial charge < -0.3 is 40.5 Å². The van der Waals surface area contributed by atoms with Gasteiger partial charge in [0.1, 0.15) is 0 Å². The molecule has 0 unspecified atom stereocenters. The van der Waals surface area contributed by atoms with E-state index in [2.05, 4.69) is 20.0 Å². The van der Waals surface area contributed by atoms with Crippen molar-refractivity contribution in [2.75, 3.05) is 0 Å². The lowest BCUT2D eigenvalue weighted by Gasteiger charge is -2.09. The molecule has 24 heavy (non-hydrogen) atoms. The molecule has 0 aromatic heterocycles. The zero-order chi connectivity index (χ0) is 18.4. The van der Waals surface area contributed by atoms with E-state index in [1.807, 2.05) is 0 Å². The molecule has 18 heteroatoms. The third-order valence-electron chi connectivity index (χ3n) is 2.74. The van der Waals surface area contributed by atoms with Gasteiger partial charge in [-0.15, -0.1) is 0 Å². The Hall–Kier alpha value is -3.80. The Morgan fingerprint density at radius 1 is 0.583 bits per heavy atom. The van der Waals surface area contributed by atoms with E-state index in [9.17, 15) is 40.5 Å². The Bertz CT molecular complexity index is 693. The van der Waals surface area contributed by atoms with Crippen LogP contribution in [0.4, 0.5) is 0 Å². The van der Waals surface area contributed by atoms with Gasteiger partial charge in [0.25, 0.3) is 0 Å². The van der Waals surface area contributed by atoms with Gasteiger partial charge >= 0.3 is 34.9 Å². The Labute approximate surface area is 127 Å². The normalized spacial score (nSPS) is 20.6. The van der Waals surface area contributed by atoms with Crippen LogP contribution in [0.2, 0.25) is 0 Å². The maximum absolute atomic E-state index is 10.8. The van der Waals surface area contributed by atoms with E-state index >= 15 is 0 Å². The number of nitrogens with zero attached hydrogens (tertiary/aromatic N) is 8. The molecule has 0 spiro atoms. The van der Waals surface area contributed by atoms with Gasteiger partial charge in [0.2, 0.25) is 0 Å². The van der Waals surface area contributed by atoms with Crippen LogP contribution in [0.15, 0.2) is 20.0 Å². The van der Waals surface area contributed by atoms with Gasteiger partial charge in [0.15, 0.2) is 0 Å². The Balaban J connectivity index is 2.67. The first-order valence-electron chi connectivity index (χ1n) is 5.47. The van der Waals surface area contributed by atoms with Gasteiger partial charge in [-0.05, 0) is 19.7 Å². The lowest BCUT2D eigenvalue weighted by molar-refractivity contribution is -0.378. The maximum atomic E-state index is 10.8. The van der Waals surface area contributed by atoms with E-state index in [1.165, 1.54) is 0 Å². The number of nitrogens with two attached hydrogens (primary N) is 2. The van der Waals surface area contributed by atoms with Crippen LogP contribution in [-0.2, 0) is 0 Å². The minimum Gasteiger partial charge on any atom is -0.358 e. The van der Waals surface area contributed by atoms with Crippen LogP contribution in [0.3, 0.4) is 0 Å². The highest BCUT2D eigenvalue weighted by Crippen LogP contribution is 2.31. The van der Waals surface area contributed by atoms with Crippen molar-refractivity contribution in [3.05, 3.63) is 40.5 Å². The molecular weight excluding hydrogens is 340 g/mol. The molecule has 0 amide bonds. The monoisotopic (exact) mass is 344 g/mol. The average molecular weight is 344 g/mol. The Morgan fingerprint density at radius 3 is 0.875 bits per heavy atom. The Kier molecular flexibility index (Phi) is 3.35. The second-order valence-electron chi connectivity index (χ2n) is 4.22. The predicted octanol–water partition coefficient (Wildman–Crippen LogP) is -3.06. The summed E-state index contributed by atoms with van der Waals surface area (Å²) < 4.78 is 0. The minimum absolute atomic E-state index is 1.30. The highest BCUT2D eigenvalue weighted by Gasteiger charge is 2.76. The topological polar surface area (TPSA) is 274 Å². The first-order chi connectivity index (χ1) is 10.9. The molecule has 4 N–H and O–H groups in total. The molecule has 126 valence electrons. The van der Waals surface area contributed by atoms with Gasteiger partial charge in [-0.25, -0.2) is 11.5 Å². The molecular formula is C6H4N10O8. The maximum Gasteiger partial charge on any atom is 0.488 e. The summed E-state index contributed by atoms with van der Waals surface area (Å²) in [5.41, 5.74) is 11.0. The fourth-order valence-corrected chi connectivity index (χ4v) is 1.71. The molecule has 0 saturated heterocycles. The van der Waals surface area contributed by atoms with Gasteiger partial charge in [-0.3, -0.25) is 0 Å². The van der Waals surface area contributed by atoms with Crippen molar-refractivity contribution in [3.63, 3.8) is 0 Å². The van der Waals surface area contributed by atoms with Gasteiger partial charge in [0, 0.05) is 20.0 Å². The molecule has 0 aromatic carbocycles. The summed E-state index contributed by atoms with van der Waals surface area (Å²) in [5.74, 6) is -11.4. The first kappa shape index (κ1) is 16.6. The molecule has 0 fully saturated rings. The number of aliphatic imine (C=N–C) groups is 4. The predicted molar refractivity (Wildman–Crippen MR) is 71.6 cm³/mol. The van der Waals surface area contributed by atoms with E-state index in [0.717, 1.165) is 0 Å². The molecule has 0 aromatic rings. The molecule has 0 radical (unpaired) electrons. The largest absolute Gasteiger partial charge is 0.488 e. The zero-order valence-electron chi connectivity index (χ0n) is 11.0. The van der Waals surface area contributed by atoms with Gasteiger partial charge in [0.05, 0.1) is 0 Å². The van der Waals surface area contributed by atoms with Crippen LogP contribution >= 0.6 is 0 Å². The van der Waals surface area contributed by atoms with Gasteiger partial charge in [-0.1, -0.05) is 0 Å². The van der Waals surface area contributed by atoms with Crippen molar-refractivity contribution in [2.24, 2.45) is 31.4 Å². The van der Waals surface area contributed by atoms with Crippen molar-refractivity contribution >= 4 is 23.3 Å². The van der Waals surface area contributed by atoms with E-state index in [-0.39, 0.29) is 0 Å². The molecule has 2 aliphatic heterocycles. The van der Waals surface area contributed by atoms with E-state index in [0.29, 0.717) is 0 Å². The van der Waals surface area contributed by atoms with Crippen molar-refractivity contribution in [1.82, 2.24) is 0 Å². The summed E-state index contributed by atoms with van der Waals surface area (Å²) in [4.78, 5) is 50.4. The highest BCUT2D eigenvalue weighted by atomic mass is 16.7. The van der Waals surface area contributed by atoms with Crippen LogP contribution < -0.4 is 11.5 Å². The van der Waals surface area contributed by atoms with E-state index < -0.39 is 54.6 Å². The van der Waals surface area contributed by atoms with Crippen molar-refractivity contribution in [2.45, 2.75) is 11.6 Å². The van der Waals surface area contributed by atoms with Gasteiger partial charge in [-0.2, -0.15) is 0 Å². The molecule has 2 aliphatic rings. The molecule has 0 aliphatic carbocycles. The molecule has 2 rings (SSSR count). The number of nitro groups is 4. The summed E-state index contributed by atoms with van der Waals surface area (Å²) in [5, 5.41) is 43.1.